The molecule has 4 heterocycles. The smallest absolute Gasteiger partial charge is 0.187 e. The van der Waals surface area contributed by atoms with Gasteiger partial charge in [-0.3, -0.25) is 0 Å². The maximum absolute atomic E-state index is 12.0. The Kier molecular flexibility index (Phi) is 14.7. The molecule has 8 aliphatic rings. The molecule has 4 saturated heterocycles. The van der Waals surface area contributed by atoms with Crippen LogP contribution in [0.5, 0.6) is 0 Å². The Morgan fingerprint density at radius 1 is 0.641 bits per heavy atom. The van der Waals surface area contributed by atoms with Crippen molar-refractivity contribution < 1.29 is 94.4 Å². The van der Waals surface area contributed by atoms with E-state index in [1.807, 2.05) is 0 Å². The Morgan fingerprint density at radius 2 is 1.22 bits per heavy atom. The van der Waals surface area contributed by atoms with Crippen LogP contribution in [-0.4, -0.2) is 198 Å². The summed E-state index contributed by atoms with van der Waals surface area (Å²) in [6, 6.07) is 0. The number of hydrogen-bond acceptors (Lipinski definition) is 19. The Balaban J connectivity index is 0.870. The molecule has 0 radical (unpaired) electrons. The molecule has 19 heteroatoms. The van der Waals surface area contributed by atoms with Gasteiger partial charge in [0.15, 0.2) is 24.7 Å². The molecule has 0 bridgehead atoms. The highest BCUT2D eigenvalue weighted by Crippen LogP contribution is 2.71. The van der Waals surface area contributed by atoms with Crippen molar-refractivity contribution in [2.75, 3.05) is 26.4 Å². The molecule has 368 valence electrons. The summed E-state index contributed by atoms with van der Waals surface area (Å²) in [7, 11) is 0. The fourth-order valence-corrected chi connectivity index (χ4v) is 14.0. The first-order valence-electron chi connectivity index (χ1n) is 23.5. The fourth-order valence-electron chi connectivity index (χ4n) is 14.0. The van der Waals surface area contributed by atoms with Crippen LogP contribution in [0.15, 0.2) is 12.2 Å². The monoisotopic (exact) mass is 918 g/mol. The van der Waals surface area contributed by atoms with Crippen molar-refractivity contribution in [2.45, 2.75) is 195 Å². The summed E-state index contributed by atoms with van der Waals surface area (Å²) in [5, 5.41) is 125. The molecule has 0 aromatic rings. The van der Waals surface area contributed by atoms with Crippen LogP contribution >= 0.6 is 0 Å². The van der Waals surface area contributed by atoms with Crippen molar-refractivity contribution in [3.8, 4) is 0 Å². The van der Waals surface area contributed by atoms with E-state index in [4.69, 9.17) is 33.2 Å². The van der Waals surface area contributed by atoms with E-state index < -0.39 is 118 Å². The van der Waals surface area contributed by atoms with Gasteiger partial charge >= 0.3 is 0 Å². The Hall–Kier alpha value is -1.02. The maximum Gasteiger partial charge on any atom is 0.187 e. The fraction of sp³-hybridized carbons (Fsp3) is 0.956. The predicted molar refractivity (Wildman–Crippen MR) is 219 cm³/mol. The molecule has 0 spiro atoms. The van der Waals surface area contributed by atoms with Crippen molar-refractivity contribution in [1.29, 1.82) is 0 Å². The quantitative estimate of drug-likeness (QED) is 0.0712. The van der Waals surface area contributed by atoms with Crippen molar-refractivity contribution in [3.05, 3.63) is 12.2 Å². The molecule has 0 amide bonds. The van der Waals surface area contributed by atoms with Gasteiger partial charge in [0.05, 0.1) is 38.6 Å². The van der Waals surface area contributed by atoms with Crippen LogP contribution in [0.1, 0.15) is 85.0 Å². The van der Waals surface area contributed by atoms with E-state index in [-0.39, 0.29) is 41.5 Å². The lowest BCUT2D eigenvalue weighted by Gasteiger charge is -2.61. The normalized spacial score (nSPS) is 55.0. The maximum atomic E-state index is 12.0. The van der Waals surface area contributed by atoms with Gasteiger partial charge in [0.25, 0.3) is 0 Å². The number of aliphatic hydroxyl groups is 12. The van der Waals surface area contributed by atoms with Gasteiger partial charge in [-0.1, -0.05) is 32.9 Å². The molecule has 0 aromatic heterocycles. The zero-order chi connectivity index (χ0) is 46.2. The minimum Gasteiger partial charge on any atom is -0.394 e. The van der Waals surface area contributed by atoms with E-state index >= 15 is 0 Å². The molecule has 19 nitrogen and oxygen atoms in total. The van der Waals surface area contributed by atoms with Crippen molar-refractivity contribution in [2.24, 2.45) is 46.3 Å². The lowest BCUT2D eigenvalue weighted by molar-refractivity contribution is -0.373. The summed E-state index contributed by atoms with van der Waals surface area (Å²) in [4.78, 5) is 0. The van der Waals surface area contributed by atoms with Gasteiger partial charge in [0.1, 0.15) is 73.2 Å². The first kappa shape index (κ1) is 49.4. The summed E-state index contributed by atoms with van der Waals surface area (Å²) >= 11 is 0. The van der Waals surface area contributed by atoms with Crippen LogP contribution in [0.2, 0.25) is 0 Å². The van der Waals surface area contributed by atoms with Gasteiger partial charge in [-0.25, -0.2) is 0 Å². The third kappa shape index (κ3) is 8.57. The topological polar surface area (TPSA) is 307 Å². The van der Waals surface area contributed by atoms with E-state index in [0.29, 0.717) is 54.9 Å². The molecule has 4 aliphatic heterocycles. The minimum absolute atomic E-state index is 0.0224. The molecular weight excluding hydrogens is 844 g/mol. The van der Waals surface area contributed by atoms with Crippen LogP contribution in [0.3, 0.4) is 0 Å². The minimum atomic E-state index is -1.75. The summed E-state index contributed by atoms with van der Waals surface area (Å²) in [6.07, 6.45) is -14.4. The Morgan fingerprint density at radius 3 is 1.86 bits per heavy atom. The third-order valence-electron chi connectivity index (χ3n) is 17.7. The van der Waals surface area contributed by atoms with Gasteiger partial charge in [-0.15, -0.1) is 0 Å². The molecule has 0 unspecified atom stereocenters. The molecule has 8 rings (SSSR count). The molecule has 4 saturated carbocycles. The first-order chi connectivity index (χ1) is 30.3. The molecular formula is C45H74O19. The van der Waals surface area contributed by atoms with Crippen molar-refractivity contribution in [3.63, 3.8) is 0 Å². The van der Waals surface area contributed by atoms with E-state index in [1.165, 1.54) is 0 Å². The third-order valence-corrected chi connectivity index (χ3v) is 17.7. The summed E-state index contributed by atoms with van der Waals surface area (Å²) in [5.41, 5.74) is 0.646. The average Bonchev–Trinajstić information content (AvgIpc) is 3.71. The van der Waals surface area contributed by atoms with Gasteiger partial charge in [0.2, 0.25) is 0 Å². The van der Waals surface area contributed by atoms with Gasteiger partial charge in [-0.2, -0.15) is 0 Å². The zero-order valence-corrected chi connectivity index (χ0v) is 37.1. The summed E-state index contributed by atoms with van der Waals surface area (Å²) in [6.45, 7) is 9.14. The standard InChI is InChI=1S/C45H74O19/c1-19(18-58-40-37(55)34(52)31(49)27(15-46)60-40)7-12-45(57)20(2)30-26(64-45)14-25-23-6-5-21-13-22(8-10-43(21,3)24(23)9-11-44(25,30)4)59-42-39(36(54)33(51)29(17-48)62-42)63-41-38(56)35(53)32(50)28(16-47)61-41/h20-42,46-57H,1,5-18H2,2-4H3/t20-,21+,22-,23+,24-,25-,26-,27+,28+,29+,30-,31+,32+,33-,34-,35-,36-,37+,38+,39+,40+,41-,42+,43-,44-,45-/m0/s1. The molecule has 64 heavy (non-hydrogen) atoms. The summed E-state index contributed by atoms with van der Waals surface area (Å²) < 4.78 is 41.8. The highest BCUT2D eigenvalue weighted by molar-refractivity contribution is 5.15. The Labute approximate surface area is 373 Å². The SMILES string of the molecule is C=C(CC[C@]1(O)O[C@H]2C[C@H]3[C@@H]4CC[C@@H]5C[C@@H](O[C@@H]6O[C@H](CO)[C@H](O)[C@H](O)[C@H]6O[C@@H]6O[C@H](CO)[C@@H](O)[C@H](O)[C@H]6O)CC[C@]5(C)[C@H]4CC[C@]3(C)[C@H]2[C@@H]1C)CO[C@@H]1O[C@H](CO)[C@@H](O)[C@H](O)[C@H]1O. The lowest BCUT2D eigenvalue weighted by Crippen LogP contribution is -2.65. The number of fused-ring (bicyclic) bond motifs is 7. The number of hydrogen-bond donors (Lipinski definition) is 12. The van der Waals surface area contributed by atoms with E-state index in [0.717, 1.165) is 38.5 Å². The van der Waals surface area contributed by atoms with Gasteiger partial charge in [0, 0.05) is 12.3 Å². The van der Waals surface area contributed by atoms with E-state index in [9.17, 15) is 61.3 Å². The van der Waals surface area contributed by atoms with E-state index in [2.05, 4.69) is 27.4 Å². The molecule has 26 atom stereocenters. The molecule has 4 aliphatic carbocycles. The second-order valence-corrected chi connectivity index (χ2v) is 21.0. The van der Waals surface area contributed by atoms with Crippen molar-refractivity contribution >= 4 is 0 Å². The van der Waals surface area contributed by atoms with Crippen LogP contribution in [0.4, 0.5) is 0 Å². The van der Waals surface area contributed by atoms with Crippen LogP contribution in [0.25, 0.3) is 0 Å². The first-order valence-corrected chi connectivity index (χ1v) is 23.5. The highest BCUT2D eigenvalue weighted by atomic mass is 16.8. The zero-order valence-electron chi connectivity index (χ0n) is 37.1. The molecule has 12 N–H and O–H groups in total. The van der Waals surface area contributed by atoms with Crippen LogP contribution in [-0.2, 0) is 33.2 Å². The molecule has 0 aromatic carbocycles. The number of aliphatic hydroxyl groups excluding tert-OH is 11. The average molecular weight is 919 g/mol. The predicted octanol–water partition coefficient (Wildman–Crippen LogP) is -1.86. The van der Waals surface area contributed by atoms with Crippen molar-refractivity contribution in [1.82, 2.24) is 0 Å². The van der Waals surface area contributed by atoms with Gasteiger partial charge < -0.3 is 94.4 Å². The largest absolute Gasteiger partial charge is 0.394 e. The molecule has 8 fully saturated rings. The lowest BCUT2D eigenvalue weighted by atomic mass is 9.44. The highest BCUT2D eigenvalue weighted by Gasteiger charge is 2.68. The second-order valence-electron chi connectivity index (χ2n) is 21.0. The second kappa shape index (κ2) is 19.1. The van der Waals surface area contributed by atoms with Gasteiger partial charge in [-0.05, 0) is 98.2 Å². The van der Waals surface area contributed by atoms with Crippen LogP contribution in [0, 0.1) is 46.3 Å². The Bertz CT molecular complexity index is 1610. The number of ether oxygens (including phenoxy) is 7. The summed E-state index contributed by atoms with van der Waals surface area (Å²) in [5.74, 6) is 0.404. The van der Waals surface area contributed by atoms with E-state index in [1.54, 1.807) is 0 Å². The van der Waals surface area contributed by atoms with Crippen LogP contribution < -0.4 is 0 Å². The number of rotatable bonds is 13.